The standard InChI is InChI=1S/C82H74B2N4/c1-79(2,3)51-41-43-65-61(45-51)63-47-53(81(7,8)9)49-69-71(63)83(65)73-75-74(84-66-44-42-52(80(4,5)6)46-62(66)64-48-54(82(10,11)12)50-70(72(64)84)88(69)75)77(86(57-33-21-15-22-34-57)58-35-23-16-24-36-58)78(87-67-39-27-25-37-59(67)60-38-26-28-40-68(60)87)76(73)85(55-29-17-13-18-30-55)56-31-19-14-20-32-56/h13-50H,1-12H3. The lowest BCUT2D eigenvalue weighted by atomic mass is 9.31. The topological polar surface area (TPSA) is 14.7 Å². The second kappa shape index (κ2) is 19.1. The average molecular weight is 1140 g/mol. The third kappa shape index (κ3) is 7.99. The predicted octanol–water partition coefficient (Wildman–Crippen LogP) is 18.0. The third-order valence-corrected chi connectivity index (χ3v) is 19.7. The molecule has 0 radical (unpaired) electrons. The van der Waals surface area contributed by atoms with E-state index in [4.69, 9.17) is 0 Å². The Balaban J connectivity index is 1.24. The van der Waals surface area contributed by atoms with Gasteiger partial charge in [-0.25, -0.2) is 0 Å². The molecule has 5 heterocycles. The highest BCUT2D eigenvalue weighted by Crippen LogP contribution is 2.56. The van der Waals surface area contributed by atoms with Gasteiger partial charge in [0.05, 0.1) is 28.1 Å². The van der Waals surface area contributed by atoms with E-state index < -0.39 is 0 Å². The second-order valence-electron chi connectivity index (χ2n) is 29.3. The van der Waals surface area contributed by atoms with Crippen LogP contribution in [-0.4, -0.2) is 18.0 Å². The fraction of sp³-hybridized carbons (Fsp3) is 0.195. The number of benzene rings is 11. The lowest BCUT2D eigenvalue weighted by Crippen LogP contribution is -2.64. The minimum Gasteiger partial charge on any atom is -0.312 e. The second-order valence-corrected chi connectivity index (χ2v) is 29.3. The fourth-order valence-corrected chi connectivity index (χ4v) is 15.3. The van der Waals surface area contributed by atoms with Crippen molar-refractivity contribution in [3.63, 3.8) is 0 Å². The molecule has 16 rings (SSSR count). The molecular weight excluding hydrogens is 1060 g/mol. The van der Waals surface area contributed by atoms with Gasteiger partial charge in [-0.2, -0.15) is 0 Å². The van der Waals surface area contributed by atoms with Gasteiger partial charge >= 0.3 is 0 Å². The number of anilines is 9. The lowest BCUT2D eigenvalue weighted by molar-refractivity contribution is 0.589. The summed E-state index contributed by atoms with van der Waals surface area (Å²) >= 11 is 0. The lowest BCUT2D eigenvalue weighted by Gasteiger charge is -2.48. The van der Waals surface area contributed by atoms with Crippen molar-refractivity contribution in [3.05, 3.63) is 253 Å². The van der Waals surface area contributed by atoms with E-state index in [1.807, 2.05) is 0 Å². The maximum Gasteiger partial charge on any atom is 0.251 e. The van der Waals surface area contributed by atoms with Crippen molar-refractivity contribution in [2.24, 2.45) is 0 Å². The molecule has 11 aromatic carbocycles. The summed E-state index contributed by atoms with van der Waals surface area (Å²) in [6.07, 6.45) is 0. The molecule has 4 aliphatic heterocycles. The Morgan fingerprint density at radius 3 is 0.955 bits per heavy atom. The fourth-order valence-electron chi connectivity index (χ4n) is 15.3. The quantitative estimate of drug-likeness (QED) is 0.148. The molecule has 0 N–H and O–H groups in total. The Hall–Kier alpha value is -9.25. The van der Waals surface area contributed by atoms with E-state index in [0.29, 0.717) is 0 Å². The van der Waals surface area contributed by atoms with Gasteiger partial charge in [-0.15, -0.1) is 0 Å². The Kier molecular flexibility index (Phi) is 11.8. The van der Waals surface area contributed by atoms with Gasteiger partial charge in [-0.1, -0.05) is 252 Å². The highest BCUT2D eigenvalue weighted by molar-refractivity contribution is 7.06. The first kappa shape index (κ1) is 54.2. The van der Waals surface area contributed by atoms with Crippen LogP contribution in [0, 0.1) is 0 Å². The van der Waals surface area contributed by atoms with Crippen LogP contribution in [0.1, 0.15) is 105 Å². The first-order valence-electron chi connectivity index (χ1n) is 31.7. The molecule has 0 unspecified atom stereocenters. The smallest absolute Gasteiger partial charge is 0.251 e. The minimum atomic E-state index is -0.184. The van der Waals surface area contributed by atoms with Crippen LogP contribution in [0.15, 0.2) is 231 Å². The Morgan fingerprint density at radius 1 is 0.295 bits per heavy atom. The Labute approximate surface area is 520 Å². The summed E-state index contributed by atoms with van der Waals surface area (Å²) in [5, 5.41) is 2.43. The molecule has 0 bridgehead atoms. The summed E-state index contributed by atoms with van der Waals surface area (Å²) in [4.78, 5) is 8.12. The molecule has 0 fully saturated rings. The van der Waals surface area contributed by atoms with Crippen LogP contribution in [0.25, 0.3) is 49.7 Å². The van der Waals surface area contributed by atoms with Crippen molar-refractivity contribution in [1.29, 1.82) is 0 Å². The normalized spacial score (nSPS) is 13.6. The summed E-state index contributed by atoms with van der Waals surface area (Å²) in [6, 6.07) is 88.8. The number of rotatable bonds is 7. The van der Waals surface area contributed by atoms with Crippen LogP contribution < -0.4 is 47.5 Å². The summed E-state index contributed by atoms with van der Waals surface area (Å²) in [5.41, 5.74) is 32.0. The van der Waals surface area contributed by atoms with Crippen LogP contribution in [-0.2, 0) is 21.7 Å². The molecule has 88 heavy (non-hydrogen) atoms. The van der Waals surface area contributed by atoms with Crippen LogP contribution in [0.5, 0.6) is 0 Å². The average Bonchev–Trinajstić information content (AvgIpc) is 1.36. The molecule has 6 heteroatoms. The van der Waals surface area contributed by atoms with E-state index in [0.717, 1.165) is 50.8 Å². The molecule has 428 valence electrons. The highest BCUT2D eigenvalue weighted by Gasteiger charge is 2.55. The van der Waals surface area contributed by atoms with E-state index in [1.165, 1.54) is 105 Å². The molecule has 4 nitrogen and oxygen atoms in total. The number of para-hydroxylation sites is 6. The van der Waals surface area contributed by atoms with Crippen molar-refractivity contribution < 1.29 is 0 Å². The number of fused-ring (bicyclic) bond motifs is 13. The van der Waals surface area contributed by atoms with Crippen LogP contribution in [0.3, 0.4) is 0 Å². The molecule has 12 aromatic rings. The van der Waals surface area contributed by atoms with E-state index in [1.54, 1.807) is 0 Å². The van der Waals surface area contributed by atoms with Crippen molar-refractivity contribution >= 4 is 119 Å². The predicted molar refractivity (Wildman–Crippen MR) is 380 cm³/mol. The van der Waals surface area contributed by atoms with Crippen molar-refractivity contribution in [1.82, 2.24) is 4.57 Å². The first-order chi connectivity index (χ1) is 42.3. The molecule has 4 aliphatic rings. The number of hydrogen-bond donors (Lipinski definition) is 0. The van der Waals surface area contributed by atoms with E-state index in [9.17, 15) is 0 Å². The Morgan fingerprint density at radius 2 is 0.614 bits per heavy atom. The summed E-state index contributed by atoms with van der Waals surface area (Å²) in [5.74, 6) is 0. The Bertz CT molecular complexity index is 4460. The monoisotopic (exact) mass is 1140 g/mol. The van der Waals surface area contributed by atoms with Gasteiger partial charge in [-0.3, -0.25) is 0 Å². The number of hydrogen-bond acceptors (Lipinski definition) is 3. The first-order valence-corrected chi connectivity index (χ1v) is 31.7. The molecule has 1 aromatic heterocycles. The van der Waals surface area contributed by atoms with Crippen molar-refractivity contribution in [2.45, 2.75) is 105 Å². The van der Waals surface area contributed by atoms with Gasteiger partial charge < -0.3 is 19.3 Å². The summed E-state index contributed by atoms with van der Waals surface area (Å²) in [6.45, 7) is 28.2. The highest BCUT2D eigenvalue weighted by atomic mass is 15.2. The van der Waals surface area contributed by atoms with E-state index in [-0.39, 0.29) is 35.1 Å². The number of aromatic nitrogens is 1. The zero-order valence-electron chi connectivity index (χ0n) is 52.9. The van der Waals surface area contributed by atoms with Crippen LogP contribution in [0.2, 0.25) is 0 Å². The van der Waals surface area contributed by atoms with Gasteiger partial charge in [0.1, 0.15) is 0 Å². The molecule has 0 aliphatic carbocycles. The molecule has 0 saturated carbocycles. The van der Waals surface area contributed by atoms with Gasteiger partial charge in [0, 0.05) is 50.6 Å². The molecule has 0 atom stereocenters. The van der Waals surface area contributed by atoms with Gasteiger partial charge in [0.15, 0.2) is 0 Å². The van der Waals surface area contributed by atoms with Crippen molar-refractivity contribution in [2.75, 3.05) is 14.7 Å². The minimum absolute atomic E-state index is 0.0827. The summed E-state index contributed by atoms with van der Waals surface area (Å²) < 4.78 is 2.68. The van der Waals surface area contributed by atoms with Crippen LogP contribution in [0.4, 0.5) is 51.2 Å². The van der Waals surface area contributed by atoms with Gasteiger partial charge in [-0.05, 0) is 161 Å². The number of nitrogens with zero attached hydrogens (tertiary/aromatic N) is 4. The molecule has 0 amide bonds. The zero-order chi connectivity index (χ0) is 60.5. The van der Waals surface area contributed by atoms with E-state index in [2.05, 4.69) is 333 Å². The SMILES string of the molecule is CC(C)(C)c1ccc2c(c1)-c1cc(C(C)(C)C)cc3c1B2c1c2c(c(N(c4ccccc4)c4ccccc4)c(-n4c5ccccc5c5ccccc54)c1N(c1ccccc1)c1ccccc1)B1c4ccc(C(C)(C)C)cc4-c4cc(C(C)(C)C)cc(c41)N32. The van der Waals surface area contributed by atoms with Gasteiger partial charge in [0.25, 0.3) is 13.4 Å². The van der Waals surface area contributed by atoms with E-state index >= 15 is 0 Å². The maximum atomic E-state index is 2.83. The van der Waals surface area contributed by atoms with Gasteiger partial charge in [0.2, 0.25) is 0 Å². The van der Waals surface area contributed by atoms with Crippen LogP contribution >= 0.6 is 0 Å². The molecule has 0 saturated heterocycles. The largest absolute Gasteiger partial charge is 0.312 e. The summed E-state index contributed by atoms with van der Waals surface area (Å²) in [7, 11) is 0. The van der Waals surface area contributed by atoms with Crippen molar-refractivity contribution in [3.8, 4) is 27.9 Å². The zero-order valence-corrected chi connectivity index (χ0v) is 52.9. The third-order valence-electron chi connectivity index (χ3n) is 19.7. The molecule has 0 spiro atoms. The maximum absolute atomic E-state index is 2.83. The molecular formula is C82H74B2N4.